The highest BCUT2D eigenvalue weighted by Crippen LogP contribution is 2.30. The van der Waals surface area contributed by atoms with Gasteiger partial charge < -0.3 is 10.6 Å². The highest BCUT2D eigenvalue weighted by molar-refractivity contribution is 5.59. The van der Waals surface area contributed by atoms with Gasteiger partial charge in [0.15, 0.2) is 5.82 Å². The molecule has 0 atom stereocenters. The zero-order valence-corrected chi connectivity index (χ0v) is 17.6. The van der Waals surface area contributed by atoms with E-state index in [0.717, 1.165) is 12.3 Å². The van der Waals surface area contributed by atoms with Gasteiger partial charge in [-0.2, -0.15) is 36.9 Å². The number of rotatable bonds is 5. The average Bonchev–Trinajstić information content (AvgIpc) is 2.65. The van der Waals surface area contributed by atoms with Crippen LogP contribution >= 0.6 is 0 Å². The van der Waals surface area contributed by atoms with Crippen molar-refractivity contribution in [1.82, 2.24) is 24.9 Å². The van der Waals surface area contributed by atoms with Crippen molar-refractivity contribution in [3.05, 3.63) is 47.9 Å². The molecule has 0 aliphatic heterocycles. The lowest BCUT2D eigenvalue weighted by molar-refractivity contribution is -0.141. The minimum atomic E-state index is -4.63. The van der Waals surface area contributed by atoms with Crippen LogP contribution in [-0.4, -0.2) is 30.5 Å². The van der Waals surface area contributed by atoms with Crippen molar-refractivity contribution >= 4 is 17.6 Å². The van der Waals surface area contributed by atoms with Gasteiger partial charge in [0, 0.05) is 24.3 Å². The Kier molecular flexibility index (Phi) is 5.98. The van der Waals surface area contributed by atoms with Crippen molar-refractivity contribution in [3.8, 4) is 11.5 Å². The van der Waals surface area contributed by atoms with E-state index in [1.807, 2.05) is 20.8 Å². The molecule has 12 heteroatoms. The second-order valence-electron chi connectivity index (χ2n) is 8.03. The maximum atomic E-state index is 13.7. The number of halogens is 5. The smallest absolute Gasteiger partial charge is 0.349 e. The van der Waals surface area contributed by atoms with Crippen molar-refractivity contribution in [3.63, 3.8) is 0 Å². The summed E-state index contributed by atoms with van der Waals surface area (Å²) < 4.78 is 66.3. The lowest BCUT2D eigenvalue weighted by atomic mass is 10.1. The van der Waals surface area contributed by atoms with Gasteiger partial charge in [0.05, 0.1) is 0 Å². The van der Waals surface area contributed by atoms with E-state index < -0.39 is 29.0 Å². The van der Waals surface area contributed by atoms with E-state index >= 15 is 0 Å². The molecule has 0 aromatic carbocycles. The topological polar surface area (TPSA) is 88.5 Å². The number of hydrogen-bond donors (Lipinski definition) is 2. The molecule has 7 nitrogen and oxygen atoms in total. The van der Waals surface area contributed by atoms with Crippen LogP contribution in [0.25, 0.3) is 11.5 Å². The third kappa shape index (κ3) is 6.05. The minimum absolute atomic E-state index is 0.0352. The zero-order chi connectivity index (χ0) is 23.7. The Morgan fingerprint density at radius 3 is 2.09 bits per heavy atom. The third-order valence-electron chi connectivity index (χ3n) is 3.86. The van der Waals surface area contributed by atoms with Gasteiger partial charge in [-0.3, -0.25) is 4.98 Å². The molecule has 3 rings (SSSR count). The van der Waals surface area contributed by atoms with Gasteiger partial charge in [-0.05, 0) is 45.0 Å². The SMILES string of the molecule is CC(C)(C)Nc1nc(Nc2ccnc(C(F)(F)F)c2)nc(-c2cccc(C(C)(F)F)n2)n1. The Labute approximate surface area is 180 Å². The summed E-state index contributed by atoms with van der Waals surface area (Å²) in [6, 6.07) is 6.13. The Balaban J connectivity index is 2.05. The van der Waals surface area contributed by atoms with Crippen LogP contribution in [0.5, 0.6) is 0 Å². The van der Waals surface area contributed by atoms with E-state index in [1.165, 1.54) is 24.3 Å². The quantitative estimate of drug-likeness (QED) is 0.499. The molecular formula is C20H20F5N7. The van der Waals surface area contributed by atoms with E-state index in [1.54, 1.807) is 0 Å². The highest BCUT2D eigenvalue weighted by atomic mass is 19.4. The molecular weight excluding hydrogens is 433 g/mol. The first-order chi connectivity index (χ1) is 14.7. The maximum absolute atomic E-state index is 13.7. The van der Waals surface area contributed by atoms with Crippen molar-refractivity contribution in [1.29, 1.82) is 0 Å². The first-order valence-corrected chi connectivity index (χ1v) is 9.41. The number of anilines is 3. The van der Waals surface area contributed by atoms with Gasteiger partial charge >= 0.3 is 6.18 Å². The molecule has 0 radical (unpaired) electrons. The summed E-state index contributed by atoms with van der Waals surface area (Å²) in [6.07, 6.45) is -3.63. The molecule has 3 aromatic rings. The van der Waals surface area contributed by atoms with Gasteiger partial charge in [0.1, 0.15) is 17.1 Å². The summed E-state index contributed by atoms with van der Waals surface area (Å²) in [7, 11) is 0. The molecule has 32 heavy (non-hydrogen) atoms. The van der Waals surface area contributed by atoms with Crippen molar-refractivity contribution in [2.45, 2.75) is 45.3 Å². The molecule has 3 heterocycles. The summed E-state index contributed by atoms with van der Waals surface area (Å²) in [5.41, 5.74) is -1.95. The second-order valence-corrected chi connectivity index (χ2v) is 8.03. The van der Waals surface area contributed by atoms with Crippen molar-refractivity contribution in [2.75, 3.05) is 10.6 Å². The van der Waals surface area contributed by atoms with Gasteiger partial charge in [-0.25, -0.2) is 4.98 Å². The lowest BCUT2D eigenvalue weighted by Crippen LogP contribution is -2.27. The Morgan fingerprint density at radius 2 is 1.47 bits per heavy atom. The van der Waals surface area contributed by atoms with Crippen LogP contribution in [0.15, 0.2) is 36.5 Å². The first kappa shape index (κ1) is 23.2. The number of nitrogens with zero attached hydrogens (tertiary/aromatic N) is 5. The van der Waals surface area contributed by atoms with Gasteiger partial charge in [-0.15, -0.1) is 0 Å². The Morgan fingerprint density at radius 1 is 0.781 bits per heavy atom. The molecule has 2 N–H and O–H groups in total. The van der Waals surface area contributed by atoms with Crippen LogP contribution in [0, 0.1) is 0 Å². The van der Waals surface area contributed by atoms with Crippen molar-refractivity contribution in [2.24, 2.45) is 0 Å². The van der Waals surface area contributed by atoms with Gasteiger partial charge in [0.25, 0.3) is 5.92 Å². The van der Waals surface area contributed by atoms with E-state index in [9.17, 15) is 22.0 Å². The number of alkyl halides is 5. The molecule has 0 fully saturated rings. The Bertz CT molecular complexity index is 1100. The summed E-state index contributed by atoms with van der Waals surface area (Å²) in [5.74, 6) is -3.23. The lowest BCUT2D eigenvalue weighted by Gasteiger charge is -2.21. The third-order valence-corrected chi connectivity index (χ3v) is 3.86. The predicted octanol–water partition coefficient (Wildman–Crippen LogP) is 5.41. The van der Waals surface area contributed by atoms with Gasteiger partial charge in [-0.1, -0.05) is 6.07 Å². The number of nitrogens with one attached hydrogen (secondary N) is 2. The number of pyridine rings is 2. The molecule has 0 bridgehead atoms. The largest absolute Gasteiger partial charge is 0.433 e. The summed E-state index contributed by atoms with van der Waals surface area (Å²) in [6.45, 7) is 6.25. The highest BCUT2D eigenvalue weighted by Gasteiger charge is 2.32. The molecule has 170 valence electrons. The average molecular weight is 453 g/mol. The Hall–Kier alpha value is -3.44. The molecule has 0 aliphatic rings. The molecule has 3 aromatic heterocycles. The van der Waals surface area contributed by atoms with E-state index in [0.29, 0.717) is 6.92 Å². The molecule has 0 unspecified atom stereocenters. The molecule has 0 saturated carbocycles. The first-order valence-electron chi connectivity index (χ1n) is 9.41. The maximum Gasteiger partial charge on any atom is 0.433 e. The fourth-order valence-electron chi connectivity index (χ4n) is 2.53. The van der Waals surface area contributed by atoms with E-state index in [4.69, 9.17) is 0 Å². The van der Waals surface area contributed by atoms with Crippen LogP contribution in [0.3, 0.4) is 0 Å². The van der Waals surface area contributed by atoms with E-state index in [2.05, 4.69) is 35.6 Å². The predicted molar refractivity (Wildman–Crippen MR) is 109 cm³/mol. The van der Waals surface area contributed by atoms with Crippen molar-refractivity contribution < 1.29 is 22.0 Å². The van der Waals surface area contributed by atoms with Crippen LogP contribution < -0.4 is 10.6 Å². The summed E-state index contributed by atoms with van der Waals surface area (Å²) >= 11 is 0. The minimum Gasteiger partial charge on any atom is -0.349 e. The molecule has 0 aliphatic carbocycles. The van der Waals surface area contributed by atoms with Gasteiger partial charge in [0.2, 0.25) is 11.9 Å². The monoisotopic (exact) mass is 453 g/mol. The van der Waals surface area contributed by atoms with Crippen LogP contribution in [0.4, 0.5) is 39.5 Å². The van der Waals surface area contributed by atoms with Crippen LogP contribution in [0.2, 0.25) is 0 Å². The fourth-order valence-corrected chi connectivity index (χ4v) is 2.53. The molecule has 0 spiro atoms. The standard InChI is InChI=1S/C20H20F5N7/c1-18(2,3)32-17-30-15(12-6-5-7-13(28-12)19(4,21)22)29-16(31-17)27-11-8-9-26-14(10-11)20(23,24)25/h5-10H,1-4H3,(H2,26,27,29,30,31,32). The summed E-state index contributed by atoms with van der Waals surface area (Å²) in [5, 5.41) is 5.71. The molecule has 0 saturated heterocycles. The fraction of sp³-hybridized carbons (Fsp3) is 0.350. The number of aromatic nitrogens is 5. The van der Waals surface area contributed by atoms with E-state index in [-0.39, 0.29) is 29.1 Å². The summed E-state index contributed by atoms with van der Waals surface area (Å²) in [4.78, 5) is 19.8. The van der Waals surface area contributed by atoms with Crippen LogP contribution in [-0.2, 0) is 12.1 Å². The normalized spacial score (nSPS) is 12.5. The second kappa shape index (κ2) is 8.24. The molecule has 0 amide bonds. The van der Waals surface area contributed by atoms with Crippen LogP contribution in [0.1, 0.15) is 39.1 Å². The number of hydrogen-bond acceptors (Lipinski definition) is 7. The zero-order valence-electron chi connectivity index (χ0n) is 17.6.